The van der Waals surface area contributed by atoms with Crippen LogP contribution in [0.2, 0.25) is 0 Å². The highest BCUT2D eigenvalue weighted by Crippen LogP contribution is 2.37. The van der Waals surface area contributed by atoms with Gasteiger partial charge in [-0.2, -0.15) is 0 Å². The van der Waals surface area contributed by atoms with Crippen LogP contribution in [0.25, 0.3) is 0 Å². The Morgan fingerprint density at radius 2 is 2.07 bits per heavy atom. The Kier molecular flexibility index (Phi) is 3.57. The molecule has 0 amide bonds. The van der Waals surface area contributed by atoms with Gasteiger partial charge < -0.3 is 4.74 Å². The first kappa shape index (κ1) is 11.5. The van der Waals surface area contributed by atoms with Crippen LogP contribution in [-0.2, 0) is 9.53 Å². The maximum absolute atomic E-state index is 11.0. The summed E-state index contributed by atoms with van der Waals surface area (Å²) < 4.78 is 5.38. The van der Waals surface area contributed by atoms with Crippen molar-refractivity contribution in [3.8, 4) is 0 Å². The van der Waals surface area contributed by atoms with Crippen molar-refractivity contribution in [2.75, 3.05) is 0 Å². The number of carbonyl (C=O) groups excluding carboxylic acids is 1. The average Bonchev–Trinajstić information content (AvgIpc) is 2.10. The van der Waals surface area contributed by atoms with Crippen molar-refractivity contribution in [3.63, 3.8) is 0 Å². The highest BCUT2D eigenvalue weighted by atomic mass is 16.5. The molecule has 1 saturated carbocycles. The summed E-state index contributed by atoms with van der Waals surface area (Å²) in [5.41, 5.74) is 0.324. The quantitative estimate of drug-likeness (QED) is 0.478. The van der Waals surface area contributed by atoms with E-state index in [0.717, 1.165) is 6.42 Å². The fourth-order valence-corrected chi connectivity index (χ4v) is 2.31. The lowest BCUT2D eigenvalue weighted by Crippen LogP contribution is -2.27. The number of hydrogen-bond donors (Lipinski definition) is 0. The van der Waals surface area contributed by atoms with Gasteiger partial charge in [-0.1, -0.05) is 27.2 Å². The minimum atomic E-state index is -0.139. The molecule has 0 bridgehead atoms. The predicted molar refractivity (Wildman–Crippen MR) is 57.0 cm³/mol. The van der Waals surface area contributed by atoms with Crippen LogP contribution in [-0.4, -0.2) is 12.1 Å². The maximum atomic E-state index is 11.0. The summed E-state index contributed by atoms with van der Waals surface area (Å²) in [6.07, 6.45) is 4.82. The number of carbonyl (C=O) groups is 1. The van der Waals surface area contributed by atoms with Crippen LogP contribution in [0, 0.1) is 11.3 Å². The molecule has 1 aliphatic rings. The Morgan fingerprint density at radius 3 is 2.64 bits per heavy atom. The number of rotatable bonds is 1. The lowest BCUT2D eigenvalue weighted by molar-refractivity contribution is -0.150. The minimum Gasteiger partial charge on any atom is -0.462 e. The summed E-state index contributed by atoms with van der Waals surface area (Å²) in [5, 5.41) is 0. The molecule has 0 heterocycles. The Morgan fingerprint density at radius 1 is 1.43 bits per heavy atom. The Bertz CT molecular complexity index is 208. The summed E-state index contributed by atoms with van der Waals surface area (Å²) in [6, 6.07) is 0. The summed E-state index contributed by atoms with van der Waals surface area (Å²) in [5.74, 6) is 0.375. The summed E-state index contributed by atoms with van der Waals surface area (Å²) >= 11 is 0. The van der Waals surface area contributed by atoms with E-state index >= 15 is 0 Å². The monoisotopic (exact) mass is 198 g/mol. The van der Waals surface area contributed by atoms with Crippen molar-refractivity contribution in [1.82, 2.24) is 0 Å². The maximum Gasteiger partial charge on any atom is 0.302 e. The molecule has 82 valence electrons. The molecule has 2 nitrogen and oxygen atoms in total. The standard InChI is InChI=1S/C12H22O2/c1-9-6-5-7-12(3,4)8-11(9)14-10(2)13/h9,11H,5-8H2,1-4H3. The normalized spacial score (nSPS) is 32.0. The van der Waals surface area contributed by atoms with Crippen molar-refractivity contribution in [1.29, 1.82) is 0 Å². The summed E-state index contributed by atoms with van der Waals surface area (Å²) in [7, 11) is 0. The Balaban J connectivity index is 2.64. The molecule has 0 N–H and O–H groups in total. The number of ether oxygens (including phenoxy) is 1. The first-order chi connectivity index (χ1) is 6.41. The molecule has 1 aliphatic carbocycles. The molecule has 2 unspecified atom stereocenters. The molecule has 0 aliphatic heterocycles. The van der Waals surface area contributed by atoms with Crippen LogP contribution in [0.1, 0.15) is 53.4 Å². The van der Waals surface area contributed by atoms with E-state index in [1.807, 2.05) is 0 Å². The smallest absolute Gasteiger partial charge is 0.302 e. The van der Waals surface area contributed by atoms with Gasteiger partial charge in [0.1, 0.15) is 6.10 Å². The topological polar surface area (TPSA) is 26.3 Å². The van der Waals surface area contributed by atoms with Crippen molar-refractivity contribution in [3.05, 3.63) is 0 Å². The van der Waals surface area contributed by atoms with Gasteiger partial charge in [0.25, 0.3) is 0 Å². The Hall–Kier alpha value is -0.530. The zero-order valence-corrected chi connectivity index (χ0v) is 9.80. The first-order valence-electron chi connectivity index (χ1n) is 5.58. The van der Waals surface area contributed by atoms with Gasteiger partial charge in [-0.25, -0.2) is 0 Å². The van der Waals surface area contributed by atoms with E-state index in [4.69, 9.17) is 4.74 Å². The van der Waals surface area contributed by atoms with Crippen LogP contribution in [0.15, 0.2) is 0 Å². The lowest BCUT2D eigenvalue weighted by atomic mass is 9.83. The van der Waals surface area contributed by atoms with Crippen molar-refractivity contribution < 1.29 is 9.53 Å². The van der Waals surface area contributed by atoms with Crippen LogP contribution >= 0.6 is 0 Å². The van der Waals surface area contributed by atoms with Crippen LogP contribution < -0.4 is 0 Å². The van der Waals surface area contributed by atoms with Gasteiger partial charge in [0, 0.05) is 6.92 Å². The third-order valence-electron chi connectivity index (χ3n) is 3.22. The number of esters is 1. The van der Waals surface area contributed by atoms with Gasteiger partial charge in [-0.05, 0) is 30.6 Å². The van der Waals surface area contributed by atoms with Crippen molar-refractivity contribution in [2.45, 2.75) is 59.5 Å². The predicted octanol–water partition coefficient (Wildman–Crippen LogP) is 3.15. The van der Waals surface area contributed by atoms with Gasteiger partial charge in [-0.3, -0.25) is 4.79 Å². The zero-order chi connectivity index (χ0) is 10.8. The largest absolute Gasteiger partial charge is 0.462 e. The van der Waals surface area contributed by atoms with Crippen molar-refractivity contribution >= 4 is 5.97 Å². The van der Waals surface area contributed by atoms with Crippen molar-refractivity contribution in [2.24, 2.45) is 11.3 Å². The number of hydrogen-bond acceptors (Lipinski definition) is 2. The van der Waals surface area contributed by atoms with Crippen LogP contribution in [0.5, 0.6) is 0 Å². The fraction of sp³-hybridized carbons (Fsp3) is 0.917. The van der Waals surface area contributed by atoms with Gasteiger partial charge in [-0.15, -0.1) is 0 Å². The molecule has 0 aromatic rings. The van der Waals surface area contributed by atoms with E-state index in [0.29, 0.717) is 11.3 Å². The SMILES string of the molecule is CC(=O)OC1CC(C)(C)CCCC1C. The van der Waals surface area contributed by atoms with E-state index in [1.165, 1.54) is 26.2 Å². The van der Waals surface area contributed by atoms with Gasteiger partial charge >= 0.3 is 5.97 Å². The fourth-order valence-electron chi connectivity index (χ4n) is 2.31. The average molecular weight is 198 g/mol. The second kappa shape index (κ2) is 4.33. The molecule has 2 atom stereocenters. The van der Waals surface area contributed by atoms with Gasteiger partial charge in [0.05, 0.1) is 0 Å². The molecule has 1 fully saturated rings. The molecule has 14 heavy (non-hydrogen) atoms. The summed E-state index contributed by atoms with van der Waals surface area (Å²) in [6.45, 7) is 8.22. The molecule has 0 aromatic carbocycles. The van der Waals surface area contributed by atoms with E-state index in [-0.39, 0.29) is 12.1 Å². The highest BCUT2D eigenvalue weighted by molar-refractivity contribution is 5.66. The second-order valence-corrected chi connectivity index (χ2v) is 5.39. The van der Waals surface area contributed by atoms with Crippen LogP contribution in [0.4, 0.5) is 0 Å². The molecule has 0 saturated heterocycles. The first-order valence-corrected chi connectivity index (χ1v) is 5.58. The molecular weight excluding hydrogens is 176 g/mol. The second-order valence-electron chi connectivity index (χ2n) is 5.39. The summed E-state index contributed by atoms with van der Waals surface area (Å²) in [4.78, 5) is 11.0. The molecule has 1 rings (SSSR count). The molecule has 2 heteroatoms. The van der Waals surface area contributed by atoms with E-state index < -0.39 is 0 Å². The molecular formula is C12H22O2. The van der Waals surface area contributed by atoms with E-state index in [2.05, 4.69) is 20.8 Å². The zero-order valence-electron chi connectivity index (χ0n) is 9.80. The third-order valence-corrected chi connectivity index (χ3v) is 3.22. The Labute approximate surface area is 87.0 Å². The third kappa shape index (κ3) is 3.32. The minimum absolute atomic E-state index is 0.130. The highest BCUT2D eigenvalue weighted by Gasteiger charge is 2.31. The van der Waals surface area contributed by atoms with Crippen LogP contribution in [0.3, 0.4) is 0 Å². The van der Waals surface area contributed by atoms with Gasteiger partial charge in [0.15, 0.2) is 0 Å². The molecule has 0 spiro atoms. The van der Waals surface area contributed by atoms with E-state index in [1.54, 1.807) is 0 Å². The lowest BCUT2D eigenvalue weighted by Gasteiger charge is -2.28. The van der Waals surface area contributed by atoms with Gasteiger partial charge in [0.2, 0.25) is 0 Å². The molecule has 0 aromatic heterocycles. The molecule has 0 radical (unpaired) electrons. The van der Waals surface area contributed by atoms with E-state index in [9.17, 15) is 4.79 Å².